The summed E-state index contributed by atoms with van der Waals surface area (Å²) in [6.07, 6.45) is 5.03. The minimum atomic E-state index is -0.551. The highest BCUT2D eigenvalue weighted by Crippen LogP contribution is 2.13. The van der Waals surface area contributed by atoms with E-state index in [0.29, 0.717) is 11.9 Å². The monoisotopic (exact) mass is 221 g/mol. The van der Waals surface area contributed by atoms with Gasteiger partial charge in [0.15, 0.2) is 11.5 Å². The summed E-state index contributed by atoms with van der Waals surface area (Å²) in [6.45, 7) is 1.95. The summed E-state index contributed by atoms with van der Waals surface area (Å²) in [5.41, 5.74) is 5.44. The fourth-order valence-corrected chi connectivity index (χ4v) is 1.78. The van der Waals surface area contributed by atoms with Crippen LogP contribution in [0.15, 0.2) is 12.4 Å². The van der Waals surface area contributed by atoms with Crippen LogP contribution in [0, 0.1) is 0 Å². The average molecular weight is 221 g/mol. The van der Waals surface area contributed by atoms with Gasteiger partial charge in [-0.05, 0) is 25.9 Å². The molecule has 0 unspecified atom stereocenters. The van der Waals surface area contributed by atoms with Crippen LogP contribution in [0.1, 0.15) is 23.3 Å². The second-order valence-corrected chi connectivity index (χ2v) is 3.79. The maximum absolute atomic E-state index is 11.1. The first-order valence-electron chi connectivity index (χ1n) is 5.35. The Bertz CT molecular complexity index is 375. The number of hydrogen-bond acceptors (Lipinski definition) is 5. The van der Waals surface area contributed by atoms with Crippen LogP contribution in [0.3, 0.4) is 0 Å². The molecule has 6 nitrogen and oxygen atoms in total. The van der Waals surface area contributed by atoms with Crippen molar-refractivity contribution in [3.8, 4) is 0 Å². The predicted octanol–water partition coefficient (Wildman–Crippen LogP) is -0.261. The van der Waals surface area contributed by atoms with E-state index in [9.17, 15) is 4.79 Å². The number of nitrogens with one attached hydrogen (secondary N) is 2. The van der Waals surface area contributed by atoms with Gasteiger partial charge in [-0.15, -0.1) is 0 Å². The maximum atomic E-state index is 11.1. The molecule has 0 aromatic carbocycles. The number of primary amides is 1. The molecule has 0 bridgehead atoms. The van der Waals surface area contributed by atoms with Gasteiger partial charge in [0.25, 0.3) is 5.91 Å². The van der Waals surface area contributed by atoms with Crippen LogP contribution >= 0.6 is 0 Å². The zero-order chi connectivity index (χ0) is 11.4. The van der Waals surface area contributed by atoms with E-state index in [2.05, 4.69) is 20.6 Å². The number of nitrogens with two attached hydrogens (primary N) is 1. The van der Waals surface area contributed by atoms with E-state index >= 15 is 0 Å². The quantitative estimate of drug-likeness (QED) is 0.654. The Morgan fingerprint density at radius 1 is 1.38 bits per heavy atom. The molecule has 0 spiro atoms. The lowest BCUT2D eigenvalue weighted by atomic mass is 10.1. The summed E-state index contributed by atoms with van der Waals surface area (Å²) >= 11 is 0. The third-order valence-electron chi connectivity index (χ3n) is 2.61. The molecule has 2 rings (SSSR count). The first kappa shape index (κ1) is 10.8. The highest BCUT2D eigenvalue weighted by atomic mass is 16.1. The molecule has 1 aliphatic rings. The molecular formula is C10H15N5O. The van der Waals surface area contributed by atoms with Crippen LogP contribution in [0.4, 0.5) is 5.82 Å². The number of carbonyl (C=O) groups excluding carboxylic acids is 1. The van der Waals surface area contributed by atoms with Crippen molar-refractivity contribution in [2.75, 3.05) is 18.4 Å². The van der Waals surface area contributed by atoms with Crippen LogP contribution in [0.5, 0.6) is 0 Å². The van der Waals surface area contributed by atoms with Crippen molar-refractivity contribution < 1.29 is 4.79 Å². The number of carbonyl (C=O) groups is 1. The van der Waals surface area contributed by atoms with E-state index in [1.807, 2.05) is 0 Å². The summed E-state index contributed by atoms with van der Waals surface area (Å²) in [5.74, 6) is -0.0635. The Hall–Kier alpha value is -1.69. The van der Waals surface area contributed by atoms with Crippen molar-refractivity contribution >= 4 is 11.7 Å². The molecule has 86 valence electrons. The van der Waals surface area contributed by atoms with Gasteiger partial charge in [-0.25, -0.2) is 9.97 Å². The molecule has 4 N–H and O–H groups in total. The topological polar surface area (TPSA) is 92.9 Å². The van der Waals surface area contributed by atoms with Crippen molar-refractivity contribution in [2.45, 2.75) is 18.9 Å². The number of rotatable bonds is 3. The molecule has 1 aromatic rings. The molecule has 1 aromatic heterocycles. The van der Waals surface area contributed by atoms with Gasteiger partial charge in [0, 0.05) is 18.4 Å². The largest absolute Gasteiger partial charge is 0.365 e. The Labute approximate surface area is 93.7 Å². The van der Waals surface area contributed by atoms with Crippen molar-refractivity contribution in [1.29, 1.82) is 0 Å². The van der Waals surface area contributed by atoms with Gasteiger partial charge in [-0.1, -0.05) is 0 Å². The first-order valence-corrected chi connectivity index (χ1v) is 5.35. The summed E-state index contributed by atoms with van der Waals surface area (Å²) in [5, 5.41) is 6.49. The molecule has 6 heteroatoms. The minimum absolute atomic E-state index is 0.209. The van der Waals surface area contributed by atoms with Gasteiger partial charge < -0.3 is 16.4 Å². The summed E-state index contributed by atoms with van der Waals surface area (Å²) in [4.78, 5) is 19.2. The van der Waals surface area contributed by atoms with Crippen molar-refractivity contribution in [1.82, 2.24) is 15.3 Å². The van der Waals surface area contributed by atoms with Gasteiger partial charge in [0.2, 0.25) is 0 Å². The number of anilines is 1. The zero-order valence-electron chi connectivity index (χ0n) is 8.94. The molecule has 2 heterocycles. The summed E-state index contributed by atoms with van der Waals surface area (Å²) in [6, 6.07) is 0.330. The summed E-state index contributed by atoms with van der Waals surface area (Å²) < 4.78 is 0. The van der Waals surface area contributed by atoms with Crippen molar-refractivity contribution in [2.24, 2.45) is 5.73 Å². The molecule has 1 fully saturated rings. The molecule has 1 aliphatic heterocycles. The molecule has 0 atom stereocenters. The Balaban J connectivity index is 2.10. The normalized spacial score (nSPS) is 17.0. The van der Waals surface area contributed by atoms with Crippen LogP contribution in [0.2, 0.25) is 0 Å². The maximum Gasteiger partial charge on any atom is 0.271 e. The molecule has 1 saturated heterocycles. The molecule has 0 aliphatic carbocycles. The fraction of sp³-hybridized carbons (Fsp3) is 0.500. The third-order valence-corrected chi connectivity index (χ3v) is 2.61. The van der Waals surface area contributed by atoms with E-state index in [-0.39, 0.29) is 5.69 Å². The third kappa shape index (κ3) is 2.46. The number of nitrogens with zero attached hydrogens (tertiary/aromatic N) is 2. The zero-order valence-corrected chi connectivity index (χ0v) is 8.94. The number of hydrogen-bond donors (Lipinski definition) is 3. The van der Waals surface area contributed by atoms with E-state index in [1.54, 1.807) is 6.20 Å². The standard InChI is InChI=1S/C10H15N5O/c11-9(16)8-10(14-6-5-13-8)15-7-1-3-12-4-2-7/h5-7,12H,1-4H2,(H2,11,16)(H,14,15). The smallest absolute Gasteiger partial charge is 0.271 e. The number of piperidine rings is 1. The SMILES string of the molecule is NC(=O)c1nccnc1NC1CCNCC1. The second kappa shape index (κ2) is 4.89. The molecular weight excluding hydrogens is 206 g/mol. The minimum Gasteiger partial charge on any atom is -0.365 e. The Kier molecular flexibility index (Phi) is 3.31. The van der Waals surface area contributed by atoms with Gasteiger partial charge in [0.1, 0.15) is 0 Å². The van der Waals surface area contributed by atoms with E-state index in [0.717, 1.165) is 25.9 Å². The molecule has 0 saturated carbocycles. The van der Waals surface area contributed by atoms with Gasteiger partial charge >= 0.3 is 0 Å². The molecule has 0 radical (unpaired) electrons. The fourth-order valence-electron chi connectivity index (χ4n) is 1.78. The van der Waals surface area contributed by atoms with Crippen LogP contribution in [0.25, 0.3) is 0 Å². The van der Waals surface area contributed by atoms with Gasteiger partial charge in [0.05, 0.1) is 0 Å². The highest BCUT2D eigenvalue weighted by molar-refractivity contribution is 5.95. The number of amides is 1. The van der Waals surface area contributed by atoms with Crippen molar-refractivity contribution in [3.63, 3.8) is 0 Å². The van der Waals surface area contributed by atoms with Crippen molar-refractivity contribution in [3.05, 3.63) is 18.1 Å². The van der Waals surface area contributed by atoms with Gasteiger partial charge in [-0.2, -0.15) is 0 Å². The number of aromatic nitrogens is 2. The van der Waals surface area contributed by atoms with Gasteiger partial charge in [-0.3, -0.25) is 4.79 Å². The predicted molar refractivity (Wildman–Crippen MR) is 60.1 cm³/mol. The highest BCUT2D eigenvalue weighted by Gasteiger charge is 2.17. The lowest BCUT2D eigenvalue weighted by Gasteiger charge is -2.24. The molecule has 16 heavy (non-hydrogen) atoms. The molecule has 1 amide bonds. The lowest BCUT2D eigenvalue weighted by molar-refractivity contribution is 0.0996. The Morgan fingerprint density at radius 2 is 2.06 bits per heavy atom. The summed E-state index contributed by atoms with van der Waals surface area (Å²) in [7, 11) is 0. The second-order valence-electron chi connectivity index (χ2n) is 3.79. The Morgan fingerprint density at radius 3 is 2.75 bits per heavy atom. The van der Waals surface area contributed by atoms with E-state index < -0.39 is 5.91 Å². The van der Waals surface area contributed by atoms with Crippen LogP contribution < -0.4 is 16.4 Å². The van der Waals surface area contributed by atoms with Crippen LogP contribution in [-0.2, 0) is 0 Å². The van der Waals surface area contributed by atoms with Crippen LogP contribution in [-0.4, -0.2) is 35.0 Å². The van der Waals surface area contributed by atoms with E-state index in [4.69, 9.17) is 5.73 Å². The average Bonchev–Trinajstić information content (AvgIpc) is 2.31. The lowest BCUT2D eigenvalue weighted by Crippen LogP contribution is -2.36. The first-order chi connectivity index (χ1) is 7.77. The van der Waals surface area contributed by atoms with E-state index in [1.165, 1.54) is 6.20 Å².